The van der Waals surface area contributed by atoms with Crippen LogP contribution in [0.2, 0.25) is 0 Å². The van der Waals surface area contributed by atoms with E-state index in [0.717, 1.165) is 12.1 Å². The maximum atomic E-state index is 13.7. The van der Waals surface area contributed by atoms with Gasteiger partial charge in [-0.15, -0.1) is 0 Å². The van der Waals surface area contributed by atoms with E-state index >= 15 is 0 Å². The Morgan fingerprint density at radius 3 is 1.82 bits per heavy atom. The lowest BCUT2D eigenvalue weighted by molar-refractivity contribution is 0.510. The molecule has 0 saturated carbocycles. The van der Waals surface area contributed by atoms with Gasteiger partial charge in [0.2, 0.25) is 0 Å². The molecule has 0 N–H and O–H groups in total. The summed E-state index contributed by atoms with van der Waals surface area (Å²) >= 11 is 0. The van der Waals surface area contributed by atoms with Crippen LogP contribution in [0.25, 0.3) is 22.4 Å². The molecule has 110 valence electrons. The summed E-state index contributed by atoms with van der Waals surface area (Å²) < 4.78 is 53.9. The lowest BCUT2D eigenvalue weighted by atomic mass is 10.0. The van der Waals surface area contributed by atoms with Crippen LogP contribution in [0.5, 0.6) is 0 Å². The predicted molar refractivity (Wildman–Crippen MR) is 74.9 cm³/mol. The van der Waals surface area contributed by atoms with Gasteiger partial charge in [0, 0.05) is 22.9 Å². The second-order valence-electron chi connectivity index (χ2n) is 4.63. The third kappa shape index (κ3) is 2.45. The lowest BCUT2D eigenvalue weighted by Gasteiger charge is -2.06. The summed E-state index contributed by atoms with van der Waals surface area (Å²) in [5.74, 6) is -3.91. The molecule has 0 spiro atoms. The zero-order chi connectivity index (χ0) is 15.7. The van der Waals surface area contributed by atoms with Crippen LogP contribution >= 0.6 is 0 Å². The number of benzene rings is 2. The second kappa shape index (κ2) is 5.60. The van der Waals surface area contributed by atoms with Crippen LogP contribution in [0.1, 0.15) is 0 Å². The van der Waals surface area contributed by atoms with Crippen molar-refractivity contribution in [1.82, 2.24) is 4.98 Å². The third-order valence-electron chi connectivity index (χ3n) is 3.25. The Hall–Kier alpha value is -2.69. The maximum absolute atomic E-state index is 13.7. The normalized spacial score (nSPS) is 10.7. The molecule has 1 aromatic heterocycles. The Kier molecular flexibility index (Phi) is 3.63. The van der Waals surface area contributed by atoms with Gasteiger partial charge < -0.3 is 0 Å². The molecule has 1 heterocycles. The van der Waals surface area contributed by atoms with Gasteiger partial charge in [0.1, 0.15) is 0 Å². The van der Waals surface area contributed by atoms with Gasteiger partial charge in [-0.05, 0) is 24.3 Å². The van der Waals surface area contributed by atoms with Crippen LogP contribution in [0, 0.1) is 23.3 Å². The fraction of sp³-hybridized carbons (Fsp3) is 0. The van der Waals surface area contributed by atoms with Crippen molar-refractivity contribution in [2.24, 2.45) is 0 Å². The average molecular weight is 303 g/mol. The first-order valence-electron chi connectivity index (χ1n) is 6.43. The van der Waals surface area contributed by atoms with Crippen molar-refractivity contribution in [3.8, 4) is 22.4 Å². The van der Waals surface area contributed by atoms with Crippen molar-refractivity contribution in [2.75, 3.05) is 0 Å². The minimum atomic E-state index is -1.00. The molecule has 0 aliphatic carbocycles. The van der Waals surface area contributed by atoms with Crippen molar-refractivity contribution in [3.63, 3.8) is 0 Å². The van der Waals surface area contributed by atoms with E-state index in [2.05, 4.69) is 4.98 Å². The molecule has 0 fully saturated rings. The predicted octanol–water partition coefficient (Wildman–Crippen LogP) is 4.97. The van der Waals surface area contributed by atoms with Gasteiger partial charge in [0.05, 0.1) is 5.69 Å². The van der Waals surface area contributed by atoms with E-state index in [9.17, 15) is 17.6 Å². The number of hydrogen-bond acceptors (Lipinski definition) is 1. The van der Waals surface area contributed by atoms with Crippen molar-refractivity contribution >= 4 is 0 Å². The fourth-order valence-corrected chi connectivity index (χ4v) is 2.14. The van der Waals surface area contributed by atoms with Crippen LogP contribution in [-0.4, -0.2) is 4.98 Å². The summed E-state index contributed by atoms with van der Waals surface area (Å²) in [4.78, 5) is 4.00. The minimum Gasteiger partial charge on any atom is -0.256 e. The highest BCUT2D eigenvalue weighted by molar-refractivity contribution is 5.67. The van der Waals surface area contributed by atoms with E-state index < -0.39 is 23.3 Å². The quantitative estimate of drug-likeness (QED) is 0.609. The number of pyridine rings is 1. The first kappa shape index (κ1) is 14.3. The van der Waals surface area contributed by atoms with Crippen molar-refractivity contribution < 1.29 is 17.6 Å². The van der Waals surface area contributed by atoms with Gasteiger partial charge in [-0.3, -0.25) is 4.98 Å². The van der Waals surface area contributed by atoms with Crippen LogP contribution in [-0.2, 0) is 0 Å². The van der Waals surface area contributed by atoms with Crippen LogP contribution < -0.4 is 0 Å². The highest BCUT2D eigenvalue weighted by Crippen LogP contribution is 2.27. The molecule has 0 unspecified atom stereocenters. The lowest BCUT2D eigenvalue weighted by Crippen LogP contribution is -1.93. The summed E-state index contributed by atoms with van der Waals surface area (Å²) in [5, 5.41) is 0. The van der Waals surface area contributed by atoms with Crippen molar-refractivity contribution in [2.45, 2.75) is 0 Å². The van der Waals surface area contributed by atoms with E-state index in [1.54, 1.807) is 0 Å². The van der Waals surface area contributed by atoms with Crippen molar-refractivity contribution in [1.29, 1.82) is 0 Å². The number of halogens is 4. The monoisotopic (exact) mass is 303 g/mol. The molecule has 3 rings (SSSR count). The molecule has 0 amide bonds. The molecule has 22 heavy (non-hydrogen) atoms. The Morgan fingerprint density at radius 2 is 1.23 bits per heavy atom. The van der Waals surface area contributed by atoms with Crippen LogP contribution in [0.4, 0.5) is 17.6 Å². The summed E-state index contributed by atoms with van der Waals surface area (Å²) in [7, 11) is 0. The first-order valence-corrected chi connectivity index (χ1v) is 6.43. The zero-order valence-corrected chi connectivity index (χ0v) is 11.2. The zero-order valence-electron chi connectivity index (χ0n) is 11.2. The largest absolute Gasteiger partial charge is 0.256 e. The van der Waals surface area contributed by atoms with Gasteiger partial charge in [-0.1, -0.05) is 24.3 Å². The molecule has 3 aromatic rings. The average Bonchev–Trinajstić information content (AvgIpc) is 2.53. The van der Waals surface area contributed by atoms with E-state index in [0.29, 0.717) is 5.56 Å². The molecule has 1 nitrogen and oxygen atoms in total. The minimum absolute atomic E-state index is 0.00580. The molecule has 0 aliphatic rings. The molecule has 0 saturated heterocycles. The Bertz CT molecular complexity index is 758. The molecule has 0 radical (unpaired) electrons. The molecule has 0 atom stereocenters. The molecular weight excluding hydrogens is 294 g/mol. The Labute approximate surface area is 123 Å². The molecule has 2 aromatic carbocycles. The molecular formula is C17H9F4N. The van der Waals surface area contributed by atoms with E-state index in [1.165, 1.54) is 42.6 Å². The van der Waals surface area contributed by atoms with Gasteiger partial charge in [-0.2, -0.15) is 0 Å². The van der Waals surface area contributed by atoms with Gasteiger partial charge in [0.15, 0.2) is 23.3 Å². The highest BCUT2D eigenvalue weighted by Gasteiger charge is 2.13. The summed E-state index contributed by atoms with van der Waals surface area (Å²) in [6.07, 6.45) is 1.29. The first-order chi connectivity index (χ1) is 10.6. The Morgan fingerprint density at radius 1 is 0.636 bits per heavy atom. The third-order valence-corrected chi connectivity index (χ3v) is 3.25. The fourth-order valence-electron chi connectivity index (χ4n) is 2.14. The smallest absolute Gasteiger partial charge is 0.168 e. The maximum Gasteiger partial charge on any atom is 0.168 e. The van der Waals surface area contributed by atoms with E-state index in [1.807, 2.05) is 0 Å². The summed E-state index contributed by atoms with van der Waals surface area (Å²) in [5.41, 5.74) is 0.611. The van der Waals surface area contributed by atoms with E-state index in [-0.39, 0.29) is 16.8 Å². The number of hydrogen-bond donors (Lipinski definition) is 0. The molecule has 5 heteroatoms. The number of rotatable bonds is 2. The van der Waals surface area contributed by atoms with Crippen molar-refractivity contribution in [3.05, 3.63) is 78.0 Å². The summed E-state index contributed by atoms with van der Waals surface area (Å²) in [6, 6.07) is 10.5. The van der Waals surface area contributed by atoms with Crippen LogP contribution in [0.3, 0.4) is 0 Å². The highest BCUT2D eigenvalue weighted by atomic mass is 19.2. The number of nitrogens with zero attached hydrogens (tertiary/aromatic N) is 1. The van der Waals surface area contributed by atoms with Gasteiger partial charge in [0.25, 0.3) is 0 Å². The Balaban J connectivity index is 2.03. The van der Waals surface area contributed by atoms with E-state index in [4.69, 9.17) is 0 Å². The number of aromatic nitrogens is 1. The SMILES string of the molecule is Fc1cccc(-c2ccc(-c3cccc(F)c3F)nc2)c1F. The topological polar surface area (TPSA) is 12.9 Å². The standard InChI is InChI=1S/C17H9F4N/c18-13-5-1-3-11(16(13)20)10-7-8-15(22-9-10)12-4-2-6-14(19)17(12)21/h1-9H. The molecule has 0 bridgehead atoms. The van der Waals surface area contributed by atoms with Crippen LogP contribution in [0.15, 0.2) is 54.7 Å². The second-order valence-corrected chi connectivity index (χ2v) is 4.63. The van der Waals surface area contributed by atoms with Gasteiger partial charge in [-0.25, -0.2) is 17.6 Å². The van der Waals surface area contributed by atoms with Gasteiger partial charge >= 0.3 is 0 Å². The molecule has 0 aliphatic heterocycles. The summed E-state index contributed by atoms with van der Waals surface area (Å²) in [6.45, 7) is 0.